The van der Waals surface area contributed by atoms with Crippen LogP contribution >= 0.6 is 11.6 Å². The number of hydrogen-bond donors (Lipinski definition) is 2. The van der Waals surface area contributed by atoms with Gasteiger partial charge in [0, 0.05) is 23.7 Å². The van der Waals surface area contributed by atoms with E-state index in [1.807, 2.05) is 30.5 Å². The van der Waals surface area contributed by atoms with Crippen molar-refractivity contribution in [3.05, 3.63) is 35.5 Å². The number of nitrogens with one attached hydrogen (secondary N) is 1. The molecule has 0 atom stereocenters. The van der Waals surface area contributed by atoms with Crippen LogP contribution in [-0.2, 0) is 0 Å². The number of benzene rings is 1. The summed E-state index contributed by atoms with van der Waals surface area (Å²) in [6, 6.07) is 7.88. The second-order valence-corrected chi connectivity index (χ2v) is 6.69. The summed E-state index contributed by atoms with van der Waals surface area (Å²) in [7, 11) is 0. The molecule has 0 saturated heterocycles. The lowest BCUT2D eigenvalue weighted by molar-refractivity contribution is 0.272. The monoisotopic (exact) mass is 303 g/mol. The Balaban J connectivity index is 1.96. The standard InChI is InChI=1S/C17H22ClN3/c1-12-6-8-17(11-19,9-7-12)21-15-5-4-14(18)13-3-2-10-20-16(13)15/h2-5,10,12,21H,6-9,11,19H2,1H3. The molecule has 1 heterocycles. The van der Waals surface area contributed by atoms with E-state index in [0.29, 0.717) is 6.54 Å². The molecule has 0 bridgehead atoms. The van der Waals surface area contributed by atoms with E-state index in [9.17, 15) is 0 Å². The number of pyridine rings is 1. The molecular formula is C17H22ClN3. The van der Waals surface area contributed by atoms with Gasteiger partial charge in [0.05, 0.1) is 16.2 Å². The van der Waals surface area contributed by atoms with Crippen LogP contribution in [0, 0.1) is 5.92 Å². The van der Waals surface area contributed by atoms with Crippen LogP contribution in [0.4, 0.5) is 5.69 Å². The third-order valence-electron chi connectivity index (χ3n) is 4.74. The molecule has 3 rings (SSSR count). The minimum absolute atomic E-state index is 0.00914. The molecule has 0 unspecified atom stereocenters. The summed E-state index contributed by atoms with van der Waals surface area (Å²) in [5.41, 5.74) is 8.05. The van der Waals surface area contributed by atoms with Gasteiger partial charge < -0.3 is 11.1 Å². The number of nitrogens with two attached hydrogens (primary N) is 1. The summed E-state index contributed by atoms with van der Waals surface area (Å²) in [5.74, 6) is 0.798. The summed E-state index contributed by atoms with van der Waals surface area (Å²) < 4.78 is 0. The predicted molar refractivity (Wildman–Crippen MR) is 89.8 cm³/mol. The molecule has 1 saturated carbocycles. The van der Waals surface area contributed by atoms with Crippen molar-refractivity contribution in [3.63, 3.8) is 0 Å². The van der Waals surface area contributed by atoms with Gasteiger partial charge in [0.15, 0.2) is 0 Å². The lowest BCUT2D eigenvalue weighted by Crippen LogP contribution is -2.48. The van der Waals surface area contributed by atoms with Crippen molar-refractivity contribution in [2.75, 3.05) is 11.9 Å². The number of hydrogen-bond acceptors (Lipinski definition) is 3. The number of anilines is 1. The van der Waals surface area contributed by atoms with Crippen LogP contribution in [0.2, 0.25) is 5.02 Å². The smallest absolute Gasteiger partial charge is 0.0948 e. The molecule has 0 amide bonds. The summed E-state index contributed by atoms with van der Waals surface area (Å²) in [4.78, 5) is 4.50. The lowest BCUT2D eigenvalue weighted by Gasteiger charge is -2.40. The van der Waals surface area contributed by atoms with Crippen LogP contribution < -0.4 is 11.1 Å². The summed E-state index contributed by atoms with van der Waals surface area (Å²) in [6.07, 6.45) is 6.48. The van der Waals surface area contributed by atoms with Crippen LogP contribution in [0.25, 0.3) is 10.9 Å². The molecule has 0 aliphatic heterocycles. The van der Waals surface area contributed by atoms with E-state index in [2.05, 4.69) is 17.2 Å². The van der Waals surface area contributed by atoms with Crippen molar-refractivity contribution in [3.8, 4) is 0 Å². The zero-order valence-corrected chi connectivity index (χ0v) is 13.2. The third kappa shape index (κ3) is 2.85. The molecule has 3 nitrogen and oxygen atoms in total. The second kappa shape index (κ2) is 5.82. The van der Waals surface area contributed by atoms with E-state index in [1.54, 1.807) is 0 Å². The van der Waals surface area contributed by atoms with E-state index >= 15 is 0 Å². The third-order valence-corrected chi connectivity index (χ3v) is 5.07. The average Bonchev–Trinajstić information content (AvgIpc) is 2.53. The highest BCUT2D eigenvalue weighted by Gasteiger charge is 2.33. The van der Waals surface area contributed by atoms with Crippen molar-refractivity contribution in [1.29, 1.82) is 0 Å². The van der Waals surface area contributed by atoms with Crippen molar-refractivity contribution in [2.24, 2.45) is 11.7 Å². The van der Waals surface area contributed by atoms with Gasteiger partial charge in [-0.3, -0.25) is 4.98 Å². The Morgan fingerprint density at radius 3 is 2.81 bits per heavy atom. The van der Waals surface area contributed by atoms with E-state index in [-0.39, 0.29) is 5.54 Å². The molecule has 1 fully saturated rings. The fourth-order valence-corrected chi connectivity index (χ4v) is 3.43. The first-order chi connectivity index (χ1) is 10.1. The topological polar surface area (TPSA) is 50.9 Å². The first-order valence-electron chi connectivity index (χ1n) is 7.65. The Morgan fingerprint density at radius 2 is 2.10 bits per heavy atom. The number of halogens is 1. The zero-order valence-electron chi connectivity index (χ0n) is 12.4. The second-order valence-electron chi connectivity index (χ2n) is 6.29. The normalized spacial score (nSPS) is 26.0. The zero-order chi connectivity index (χ0) is 14.9. The molecular weight excluding hydrogens is 282 g/mol. The van der Waals surface area contributed by atoms with Gasteiger partial charge in [-0.15, -0.1) is 0 Å². The first-order valence-corrected chi connectivity index (χ1v) is 8.03. The van der Waals surface area contributed by atoms with E-state index < -0.39 is 0 Å². The molecule has 1 aliphatic rings. The number of fused-ring (bicyclic) bond motifs is 1. The average molecular weight is 304 g/mol. The highest BCUT2D eigenvalue weighted by atomic mass is 35.5. The Labute approximate surface area is 130 Å². The van der Waals surface area contributed by atoms with E-state index in [4.69, 9.17) is 17.3 Å². The van der Waals surface area contributed by atoms with Crippen molar-refractivity contribution < 1.29 is 0 Å². The maximum atomic E-state index is 6.27. The summed E-state index contributed by atoms with van der Waals surface area (Å²) >= 11 is 6.27. The van der Waals surface area contributed by atoms with Gasteiger partial charge in [-0.1, -0.05) is 18.5 Å². The SMILES string of the molecule is CC1CCC(CN)(Nc2ccc(Cl)c3cccnc23)CC1. The summed E-state index contributed by atoms with van der Waals surface area (Å²) in [6.45, 7) is 2.97. The Bertz CT molecular complexity index is 633. The molecule has 21 heavy (non-hydrogen) atoms. The predicted octanol–water partition coefficient (Wildman–Crippen LogP) is 4.21. The fraction of sp³-hybridized carbons (Fsp3) is 0.471. The molecule has 1 aliphatic carbocycles. The lowest BCUT2D eigenvalue weighted by atomic mass is 9.77. The van der Waals surface area contributed by atoms with Crippen molar-refractivity contribution >= 4 is 28.2 Å². The van der Waals surface area contributed by atoms with Gasteiger partial charge in [-0.25, -0.2) is 0 Å². The van der Waals surface area contributed by atoms with E-state index in [0.717, 1.165) is 40.4 Å². The number of nitrogens with zero attached hydrogens (tertiary/aromatic N) is 1. The largest absolute Gasteiger partial charge is 0.377 e. The molecule has 2 aromatic rings. The van der Waals surface area contributed by atoms with Gasteiger partial charge in [-0.05, 0) is 55.9 Å². The van der Waals surface area contributed by atoms with Gasteiger partial charge in [0.25, 0.3) is 0 Å². The molecule has 112 valence electrons. The van der Waals surface area contributed by atoms with Gasteiger partial charge >= 0.3 is 0 Å². The summed E-state index contributed by atoms with van der Waals surface area (Å²) in [5, 5.41) is 5.41. The molecule has 0 spiro atoms. The van der Waals surface area contributed by atoms with Crippen LogP contribution in [-0.4, -0.2) is 17.1 Å². The maximum absolute atomic E-state index is 6.27. The minimum atomic E-state index is -0.00914. The Hall–Kier alpha value is -1.32. The van der Waals surface area contributed by atoms with Gasteiger partial charge in [-0.2, -0.15) is 0 Å². The van der Waals surface area contributed by atoms with Gasteiger partial charge in [0.1, 0.15) is 0 Å². The van der Waals surface area contributed by atoms with Crippen LogP contribution in [0.15, 0.2) is 30.5 Å². The fourth-order valence-electron chi connectivity index (χ4n) is 3.22. The van der Waals surface area contributed by atoms with Crippen LogP contribution in [0.1, 0.15) is 32.6 Å². The Morgan fingerprint density at radius 1 is 1.33 bits per heavy atom. The highest BCUT2D eigenvalue weighted by molar-refractivity contribution is 6.35. The molecule has 1 aromatic heterocycles. The van der Waals surface area contributed by atoms with Crippen LogP contribution in [0.5, 0.6) is 0 Å². The number of rotatable bonds is 3. The molecule has 0 radical (unpaired) electrons. The number of aromatic nitrogens is 1. The minimum Gasteiger partial charge on any atom is -0.377 e. The first kappa shape index (κ1) is 14.6. The van der Waals surface area contributed by atoms with Crippen molar-refractivity contribution in [2.45, 2.75) is 38.1 Å². The van der Waals surface area contributed by atoms with Crippen molar-refractivity contribution in [1.82, 2.24) is 4.98 Å². The Kier molecular flexibility index (Phi) is 4.05. The molecule has 3 N–H and O–H groups in total. The quantitative estimate of drug-likeness (QED) is 0.893. The maximum Gasteiger partial charge on any atom is 0.0948 e. The highest BCUT2D eigenvalue weighted by Crippen LogP contribution is 2.36. The van der Waals surface area contributed by atoms with Gasteiger partial charge in [0.2, 0.25) is 0 Å². The van der Waals surface area contributed by atoms with Crippen LogP contribution in [0.3, 0.4) is 0 Å². The van der Waals surface area contributed by atoms with E-state index in [1.165, 1.54) is 12.8 Å². The molecule has 4 heteroatoms. The molecule has 1 aromatic carbocycles.